The first kappa shape index (κ1) is 12.7. The van der Waals surface area contributed by atoms with E-state index >= 15 is 0 Å². The zero-order chi connectivity index (χ0) is 12.8. The Kier molecular flexibility index (Phi) is 4.45. The molecule has 2 aromatic carbocycles. The van der Waals surface area contributed by atoms with Crippen molar-refractivity contribution in [1.29, 1.82) is 0 Å². The summed E-state index contributed by atoms with van der Waals surface area (Å²) < 4.78 is 22.5. The van der Waals surface area contributed by atoms with E-state index in [2.05, 4.69) is 0 Å². The highest BCUT2D eigenvalue weighted by molar-refractivity contribution is 7.79. The molecule has 0 fully saturated rings. The lowest BCUT2D eigenvalue weighted by atomic mass is 10.1. The van der Waals surface area contributed by atoms with Gasteiger partial charge in [-0.25, -0.2) is 0 Å². The molecular formula is C15H13O2S-. The molecule has 0 N–H and O–H groups in total. The molecule has 0 saturated heterocycles. The van der Waals surface area contributed by atoms with Crippen molar-refractivity contribution in [2.75, 3.05) is 0 Å². The van der Waals surface area contributed by atoms with Crippen LogP contribution in [0.4, 0.5) is 0 Å². The summed E-state index contributed by atoms with van der Waals surface area (Å²) in [5, 5.41) is -0.605. The average Bonchev–Trinajstić information content (AvgIpc) is 2.41. The van der Waals surface area contributed by atoms with Crippen molar-refractivity contribution in [2.24, 2.45) is 0 Å². The highest BCUT2D eigenvalue weighted by Crippen LogP contribution is 2.21. The van der Waals surface area contributed by atoms with Crippen molar-refractivity contribution in [1.82, 2.24) is 0 Å². The van der Waals surface area contributed by atoms with Gasteiger partial charge in [0.15, 0.2) is 0 Å². The largest absolute Gasteiger partial charge is 0.772 e. The molecule has 92 valence electrons. The van der Waals surface area contributed by atoms with Crippen LogP contribution < -0.4 is 0 Å². The van der Waals surface area contributed by atoms with E-state index in [9.17, 15) is 8.76 Å². The number of benzene rings is 2. The Labute approximate surface area is 109 Å². The minimum absolute atomic E-state index is 0.605. The summed E-state index contributed by atoms with van der Waals surface area (Å²) in [5.41, 5.74) is 1.77. The summed E-state index contributed by atoms with van der Waals surface area (Å²) in [5.74, 6) is 0. The Morgan fingerprint density at radius 1 is 0.944 bits per heavy atom. The van der Waals surface area contributed by atoms with E-state index in [1.807, 2.05) is 66.7 Å². The van der Waals surface area contributed by atoms with E-state index in [0.29, 0.717) is 0 Å². The standard InChI is InChI=1S/C15H14O2S/c16-18(17)15(14-9-5-2-6-10-14)12-11-13-7-3-1-4-8-13/h1-12,15H,(H,16,17)/p-1. The van der Waals surface area contributed by atoms with Gasteiger partial charge in [0.05, 0.1) is 5.25 Å². The Morgan fingerprint density at radius 3 is 2.06 bits per heavy atom. The second kappa shape index (κ2) is 6.28. The number of rotatable bonds is 4. The van der Waals surface area contributed by atoms with Crippen LogP contribution in [0.25, 0.3) is 6.08 Å². The van der Waals surface area contributed by atoms with E-state index in [4.69, 9.17) is 0 Å². The van der Waals surface area contributed by atoms with Gasteiger partial charge in [0.2, 0.25) is 0 Å². The van der Waals surface area contributed by atoms with E-state index < -0.39 is 16.3 Å². The van der Waals surface area contributed by atoms with Crippen LogP contribution in [0.2, 0.25) is 0 Å². The predicted octanol–water partition coefficient (Wildman–Crippen LogP) is 3.32. The Hall–Kier alpha value is -1.71. The van der Waals surface area contributed by atoms with Gasteiger partial charge >= 0.3 is 0 Å². The summed E-state index contributed by atoms with van der Waals surface area (Å²) in [7, 11) is 0. The summed E-state index contributed by atoms with van der Waals surface area (Å²) in [6.07, 6.45) is 3.53. The van der Waals surface area contributed by atoms with Crippen LogP contribution in [-0.2, 0) is 11.1 Å². The molecular weight excluding hydrogens is 244 g/mol. The maximum atomic E-state index is 11.3. The zero-order valence-electron chi connectivity index (χ0n) is 9.73. The van der Waals surface area contributed by atoms with Crippen molar-refractivity contribution in [3.63, 3.8) is 0 Å². The smallest absolute Gasteiger partial charge is 0.0648 e. The van der Waals surface area contributed by atoms with Crippen molar-refractivity contribution < 1.29 is 8.76 Å². The first-order chi connectivity index (χ1) is 8.77. The Morgan fingerprint density at radius 2 is 1.50 bits per heavy atom. The SMILES string of the molecule is O=S([O-])C(C=Cc1ccccc1)c1ccccc1. The van der Waals surface area contributed by atoms with Gasteiger partial charge in [-0.1, -0.05) is 72.8 Å². The van der Waals surface area contributed by atoms with Crippen molar-refractivity contribution in [3.8, 4) is 0 Å². The van der Waals surface area contributed by atoms with Crippen LogP contribution in [0.15, 0.2) is 66.7 Å². The van der Waals surface area contributed by atoms with E-state index in [1.165, 1.54) is 0 Å². The van der Waals surface area contributed by atoms with Gasteiger partial charge in [-0.3, -0.25) is 4.21 Å². The maximum Gasteiger partial charge on any atom is 0.0648 e. The van der Waals surface area contributed by atoms with E-state index in [-0.39, 0.29) is 0 Å². The molecule has 0 saturated carbocycles. The molecule has 2 atom stereocenters. The molecule has 0 aliphatic heterocycles. The van der Waals surface area contributed by atoms with Crippen LogP contribution >= 0.6 is 0 Å². The van der Waals surface area contributed by atoms with Gasteiger partial charge in [0.1, 0.15) is 0 Å². The third kappa shape index (κ3) is 3.39. The lowest BCUT2D eigenvalue weighted by Gasteiger charge is -2.16. The minimum Gasteiger partial charge on any atom is -0.772 e. The van der Waals surface area contributed by atoms with E-state index in [1.54, 1.807) is 6.08 Å². The first-order valence-electron chi connectivity index (χ1n) is 5.63. The maximum absolute atomic E-state index is 11.3. The van der Waals surface area contributed by atoms with Crippen molar-refractivity contribution in [3.05, 3.63) is 77.9 Å². The summed E-state index contributed by atoms with van der Waals surface area (Å²) in [6.45, 7) is 0. The summed E-state index contributed by atoms with van der Waals surface area (Å²) in [6, 6.07) is 18.8. The number of hydrogen-bond donors (Lipinski definition) is 0. The van der Waals surface area contributed by atoms with Crippen molar-refractivity contribution in [2.45, 2.75) is 5.25 Å². The van der Waals surface area contributed by atoms with Gasteiger partial charge in [0, 0.05) is 0 Å². The molecule has 18 heavy (non-hydrogen) atoms. The lowest BCUT2D eigenvalue weighted by Crippen LogP contribution is -2.02. The molecule has 0 aliphatic rings. The normalized spacial score (nSPS) is 14.5. The number of hydrogen-bond acceptors (Lipinski definition) is 2. The topological polar surface area (TPSA) is 40.1 Å². The molecule has 0 aromatic heterocycles. The van der Waals surface area contributed by atoms with Gasteiger partial charge in [0.25, 0.3) is 0 Å². The molecule has 0 amide bonds. The molecule has 0 radical (unpaired) electrons. The fourth-order valence-electron chi connectivity index (χ4n) is 1.69. The molecule has 0 heterocycles. The second-order valence-electron chi connectivity index (χ2n) is 3.86. The fraction of sp³-hybridized carbons (Fsp3) is 0.0667. The molecule has 2 unspecified atom stereocenters. The Bertz CT molecular complexity index is 535. The predicted molar refractivity (Wildman–Crippen MR) is 73.6 cm³/mol. The average molecular weight is 257 g/mol. The first-order valence-corrected chi connectivity index (χ1v) is 6.77. The molecule has 2 aromatic rings. The molecule has 0 bridgehead atoms. The minimum atomic E-state index is -2.16. The van der Waals surface area contributed by atoms with E-state index in [0.717, 1.165) is 11.1 Å². The van der Waals surface area contributed by atoms with Crippen molar-refractivity contribution >= 4 is 17.2 Å². The second-order valence-corrected chi connectivity index (χ2v) is 4.89. The summed E-state index contributed by atoms with van der Waals surface area (Å²) in [4.78, 5) is 0. The third-order valence-corrected chi connectivity index (χ3v) is 3.44. The fourth-order valence-corrected chi connectivity index (χ4v) is 2.28. The third-order valence-electron chi connectivity index (χ3n) is 2.60. The monoisotopic (exact) mass is 257 g/mol. The zero-order valence-corrected chi connectivity index (χ0v) is 10.5. The van der Waals surface area contributed by atoms with Crippen LogP contribution in [-0.4, -0.2) is 8.76 Å². The van der Waals surface area contributed by atoms with Crippen LogP contribution in [0, 0.1) is 0 Å². The highest BCUT2D eigenvalue weighted by atomic mass is 32.2. The van der Waals surface area contributed by atoms with Gasteiger partial charge in [-0.2, -0.15) is 0 Å². The van der Waals surface area contributed by atoms with Crippen LogP contribution in [0.1, 0.15) is 16.4 Å². The van der Waals surface area contributed by atoms with Gasteiger partial charge in [-0.15, -0.1) is 0 Å². The van der Waals surface area contributed by atoms with Crippen LogP contribution in [0.5, 0.6) is 0 Å². The van der Waals surface area contributed by atoms with Gasteiger partial charge < -0.3 is 4.55 Å². The highest BCUT2D eigenvalue weighted by Gasteiger charge is 2.07. The molecule has 0 aliphatic carbocycles. The molecule has 0 spiro atoms. The molecule has 2 rings (SSSR count). The van der Waals surface area contributed by atoms with Crippen LogP contribution in [0.3, 0.4) is 0 Å². The molecule has 3 heteroatoms. The quantitative estimate of drug-likeness (QED) is 0.788. The van der Waals surface area contributed by atoms with Gasteiger partial charge in [-0.05, 0) is 22.2 Å². The Balaban J connectivity index is 2.23. The lowest BCUT2D eigenvalue weighted by molar-refractivity contribution is 0.531. The molecule has 2 nitrogen and oxygen atoms in total. The summed E-state index contributed by atoms with van der Waals surface area (Å²) >= 11 is -2.16.